The summed E-state index contributed by atoms with van der Waals surface area (Å²) in [5, 5.41) is 11.6. The van der Waals surface area contributed by atoms with Gasteiger partial charge in [0, 0.05) is 40.7 Å². The number of benzene rings is 2. The summed E-state index contributed by atoms with van der Waals surface area (Å²) in [5.74, 6) is 1.65. The number of hydrogen-bond acceptors (Lipinski definition) is 5. The van der Waals surface area contributed by atoms with Crippen molar-refractivity contribution in [2.75, 3.05) is 13.2 Å². The van der Waals surface area contributed by atoms with Crippen LogP contribution in [0.15, 0.2) is 60.9 Å². The maximum Gasteiger partial charge on any atom is 0.404 e. The first kappa shape index (κ1) is 26.3. The molecule has 0 unspecified atom stereocenters. The zero-order chi connectivity index (χ0) is 26.4. The van der Waals surface area contributed by atoms with Gasteiger partial charge >= 0.3 is 6.09 Å². The number of nitrogens with zero attached hydrogens (tertiary/aromatic N) is 1. The van der Waals surface area contributed by atoms with E-state index in [0.717, 1.165) is 78.7 Å². The Morgan fingerprint density at radius 3 is 2.71 bits per heavy atom. The average molecular weight is 537 g/mol. The average Bonchev–Trinajstić information content (AvgIpc) is 3.86. The van der Waals surface area contributed by atoms with E-state index in [4.69, 9.17) is 30.9 Å². The normalized spacial score (nSPS) is 15.6. The third-order valence-corrected chi connectivity index (χ3v) is 7.27. The van der Waals surface area contributed by atoms with Gasteiger partial charge < -0.3 is 24.6 Å². The van der Waals surface area contributed by atoms with E-state index in [1.165, 1.54) is 0 Å². The van der Waals surface area contributed by atoms with Crippen LogP contribution in [0.2, 0.25) is 5.02 Å². The predicted molar refractivity (Wildman–Crippen MR) is 146 cm³/mol. The Bertz CT molecular complexity index is 1260. The molecule has 1 heterocycles. The number of rotatable bonds is 14. The summed E-state index contributed by atoms with van der Waals surface area (Å²) in [6.45, 7) is 1.38. The SMILES string of the molecule is O=C(O)NCCCCCOc1ccc(Cl)c(COC2(c3cnccc3-c3ccccc3OC3CC3)CC2)c1. The third-order valence-electron chi connectivity index (χ3n) is 6.90. The van der Waals surface area contributed by atoms with Crippen molar-refractivity contribution in [2.24, 2.45) is 0 Å². The van der Waals surface area contributed by atoms with Crippen LogP contribution in [0.3, 0.4) is 0 Å². The summed E-state index contributed by atoms with van der Waals surface area (Å²) in [5.41, 5.74) is 3.71. The van der Waals surface area contributed by atoms with Gasteiger partial charge in [0.05, 0.1) is 24.9 Å². The number of aromatic nitrogens is 1. The minimum atomic E-state index is -0.989. The van der Waals surface area contributed by atoms with Crippen LogP contribution in [0.1, 0.15) is 56.1 Å². The maximum atomic E-state index is 10.5. The number of halogens is 1. The summed E-state index contributed by atoms with van der Waals surface area (Å²) in [7, 11) is 0. The van der Waals surface area contributed by atoms with Crippen LogP contribution in [0.25, 0.3) is 11.1 Å². The predicted octanol–water partition coefficient (Wildman–Crippen LogP) is 6.97. The first-order valence-electron chi connectivity index (χ1n) is 13.3. The highest BCUT2D eigenvalue weighted by Gasteiger charge is 2.47. The van der Waals surface area contributed by atoms with Crippen LogP contribution in [0.5, 0.6) is 11.5 Å². The Morgan fingerprint density at radius 2 is 1.92 bits per heavy atom. The van der Waals surface area contributed by atoms with E-state index in [2.05, 4.69) is 16.4 Å². The van der Waals surface area contributed by atoms with E-state index in [-0.39, 0.29) is 0 Å². The second-order valence-electron chi connectivity index (χ2n) is 9.91. The molecule has 0 radical (unpaired) electrons. The Labute approximate surface area is 228 Å². The second kappa shape index (κ2) is 12.0. The molecule has 5 rings (SSSR count). The lowest BCUT2D eigenvalue weighted by Gasteiger charge is -2.22. The van der Waals surface area contributed by atoms with E-state index >= 15 is 0 Å². The molecule has 8 heteroatoms. The number of nitrogens with one attached hydrogen (secondary N) is 1. The number of para-hydroxylation sites is 1. The molecule has 7 nitrogen and oxygen atoms in total. The lowest BCUT2D eigenvalue weighted by molar-refractivity contribution is 0.0173. The first-order chi connectivity index (χ1) is 18.5. The molecule has 2 aliphatic carbocycles. The molecule has 2 aliphatic rings. The second-order valence-corrected chi connectivity index (χ2v) is 10.3. The Morgan fingerprint density at radius 1 is 1.08 bits per heavy atom. The molecule has 0 aliphatic heterocycles. The van der Waals surface area contributed by atoms with Crippen LogP contribution in [0, 0.1) is 0 Å². The fourth-order valence-corrected chi connectivity index (χ4v) is 4.68. The molecule has 3 aromatic rings. The highest BCUT2D eigenvalue weighted by molar-refractivity contribution is 6.31. The van der Waals surface area contributed by atoms with E-state index in [0.29, 0.717) is 30.9 Å². The van der Waals surface area contributed by atoms with Gasteiger partial charge in [0.15, 0.2) is 0 Å². The number of ether oxygens (including phenoxy) is 3. The maximum absolute atomic E-state index is 10.5. The van der Waals surface area contributed by atoms with E-state index < -0.39 is 11.7 Å². The third kappa shape index (κ3) is 6.77. The van der Waals surface area contributed by atoms with Crippen LogP contribution in [-0.2, 0) is 16.9 Å². The van der Waals surface area contributed by atoms with Crippen molar-refractivity contribution in [1.82, 2.24) is 10.3 Å². The van der Waals surface area contributed by atoms with Crippen molar-refractivity contribution in [3.8, 4) is 22.6 Å². The van der Waals surface area contributed by atoms with Gasteiger partial charge in [-0.05, 0) is 80.8 Å². The fraction of sp³-hybridized carbons (Fsp3) is 0.400. The Hall–Kier alpha value is -3.29. The molecule has 200 valence electrons. The standard InChI is InChI=1S/C30H33ClN2O5/c31-27-11-10-23(36-17-5-1-4-15-33-29(34)35)18-21(27)20-37-30(13-14-30)26-19-32-16-12-24(26)25-6-2-3-7-28(25)38-22-8-9-22/h2-3,6-7,10-12,16,18-19,22,33H,1,4-5,8-9,13-15,17,20H2,(H,34,35). The van der Waals surface area contributed by atoms with Crippen molar-refractivity contribution in [3.05, 3.63) is 77.1 Å². The number of pyridine rings is 1. The van der Waals surface area contributed by atoms with Crippen LogP contribution < -0.4 is 14.8 Å². The minimum Gasteiger partial charge on any atom is -0.494 e. The van der Waals surface area contributed by atoms with Crippen molar-refractivity contribution in [2.45, 2.75) is 63.3 Å². The smallest absolute Gasteiger partial charge is 0.404 e. The van der Waals surface area contributed by atoms with Crippen molar-refractivity contribution in [3.63, 3.8) is 0 Å². The van der Waals surface area contributed by atoms with Gasteiger partial charge in [-0.2, -0.15) is 0 Å². The lowest BCUT2D eigenvalue weighted by atomic mass is 9.96. The molecule has 2 N–H and O–H groups in total. The molecular weight excluding hydrogens is 504 g/mol. The lowest BCUT2D eigenvalue weighted by Crippen LogP contribution is -2.21. The molecule has 0 spiro atoms. The first-order valence-corrected chi connectivity index (χ1v) is 13.6. The van der Waals surface area contributed by atoms with Gasteiger partial charge in [-0.15, -0.1) is 0 Å². The molecule has 2 aromatic carbocycles. The summed E-state index contributed by atoms with van der Waals surface area (Å²) >= 11 is 6.52. The number of hydrogen-bond donors (Lipinski definition) is 2. The zero-order valence-electron chi connectivity index (χ0n) is 21.3. The topological polar surface area (TPSA) is 89.9 Å². The van der Waals surface area contributed by atoms with Crippen LogP contribution in [-0.4, -0.2) is 35.4 Å². The van der Waals surface area contributed by atoms with E-state index in [1.54, 1.807) is 0 Å². The number of unbranched alkanes of at least 4 members (excludes halogenated alkanes) is 2. The van der Waals surface area contributed by atoms with Gasteiger partial charge in [0.1, 0.15) is 11.5 Å². The molecule has 1 aromatic heterocycles. The number of carbonyl (C=O) groups is 1. The van der Waals surface area contributed by atoms with E-state index in [9.17, 15) is 4.79 Å². The van der Waals surface area contributed by atoms with Crippen LogP contribution >= 0.6 is 11.6 Å². The summed E-state index contributed by atoms with van der Waals surface area (Å²) in [4.78, 5) is 14.9. The van der Waals surface area contributed by atoms with Crippen molar-refractivity contribution >= 4 is 17.7 Å². The van der Waals surface area contributed by atoms with Crippen molar-refractivity contribution < 1.29 is 24.1 Å². The molecule has 38 heavy (non-hydrogen) atoms. The fourth-order valence-electron chi connectivity index (χ4n) is 4.51. The zero-order valence-corrected chi connectivity index (χ0v) is 22.1. The summed E-state index contributed by atoms with van der Waals surface area (Å²) in [6.07, 6.45) is 9.64. The van der Waals surface area contributed by atoms with Crippen molar-refractivity contribution in [1.29, 1.82) is 0 Å². The molecule has 0 saturated heterocycles. The Balaban J connectivity index is 1.22. The van der Waals surface area contributed by atoms with Gasteiger partial charge in [0.2, 0.25) is 0 Å². The minimum absolute atomic E-state index is 0.318. The molecule has 0 bridgehead atoms. The highest BCUT2D eigenvalue weighted by atomic mass is 35.5. The number of carboxylic acid groups (broad SMARTS) is 1. The number of amides is 1. The highest BCUT2D eigenvalue weighted by Crippen LogP contribution is 2.53. The molecule has 2 saturated carbocycles. The Kier molecular flexibility index (Phi) is 8.35. The monoisotopic (exact) mass is 536 g/mol. The van der Waals surface area contributed by atoms with Gasteiger partial charge in [-0.25, -0.2) is 4.79 Å². The van der Waals surface area contributed by atoms with E-state index in [1.807, 2.05) is 54.9 Å². The molecular formula is C30H33ClN2O5. The molecule has 1 amide bonds. The van der Waals surface area contributed by atoms with Crippen LogP contribution in [0.4, 0.5) is 4.79 Å². The summed E-state index contributed by atoms with van der Waals surface area (Å²) in [6, 6.07) is 15.9. The summed E-state index contributed by atoms with van der Waals surface area (Å²) < 4.78 is 18.7. The van der Waals surface area contributed by atoms with Gasteiger partial charge in [-0.3, -0.25) is 4.98 Å². The van der Waals surface area contributed by atoms with Gasteiger partial charge in [0.25, 0.3) is 0 Å². The molecule has 0 atom stereocenters. The quantitative estimate of drug-likeness (QED) is 0.216. The van der Waals surface area contributed by atoms with Gasteiger partial charge in [-0.1, -0.05) is 29.8 Å². The molecule has 2 fully saturated rings. The largest absolute Gasteiger partial charge is 0.494 e.